The van der Waals surface area contributed by atoms with Crippen molar-refractivity contribution in [2.45, 2.75) is 31.5 Å². The molecule has 1 aromatic heterocycles. The molecule has 1 aliphatic carbocycles. The topological polar surface area (TPSA) is 42.4 Å². The molecule has 112 valence electrons. The van der Waals surface area contributed by atoms with Gasteiger partial charge in [-0.3, -0.25) is 4.90 Å². The third-order valence-electron chi connectivity index (χ3n) is 3.88. The van der Waals surface area contributed by atoms with Crippen molar-refractivity contribution in [2.24, 2.45) is 5.73 Å². The van der Waals surface area contributed by atoms with Crippen molar-refractivity contribution >= 4 is 15.9 Å². The van der Waals surface area contributed by atoms with E-state index < -0.39 is 0 Å². The molecule has 1 aliphatic rings. The molecule has 0 bridgehead atoms. The fourth-order valence-corrected chi connectivity index (χ4v) is 3.31. The summed E-state index contributed by atoms with van der Waals surface area (Å²) >= 11 is 3.46. The summed E-state index contributed by atoms with van der Waals surface area (Å²) in [5, 5.41) is 0. The zero-order valence-corrected chi connectivity index (χ0v) is 13.2. The van der Waals surface area contributed by atoms with Crippen molar-refractivity contribution in [1.82, 2.24) is 4.90 Å². The maximum atomic E-state index is 13.3. The van der Waals surface area contributed by atoms with Gasteiger partial charge in [0.15, 0.2) is 0 Å². The second kappa shape index (κ2) is 6.30. The number of halogens is 2. The van der Waals surface area contributed by atoms with E-state index in [1.807, 2.05) is 18.2 Å². The van der Waals surface area contributed by atoms with Crippen LogP contribution in [0, 0.1) is 5.82 Å². The third-order valence-corrected chi connectivity index (χ3v) is 4.57. The van der Waals surface area contributed by atoms with E-state index in [0.29, 0.717) is 12.6 Å². The first-order valence-electron chi connectivity index (χ1n) is 7.12. The second-order valence-electron chi connectivity index (χ2n) is 5.40. The van der Waals surface area contributed by atoms with Crippen LogP contribution >= 0.6 is 15.9 Å². The van der Waals surface area contributed by atoms with Crippen molar-refractivity contribution in [3.63, 3.8) is 0 Å². The molecule has 21 heavy (non-hydrogen) atoms. The van der Waals surface area contributed by atoms with Crippen LogP contribution < -0.4 is 5.73 Å². The molecule has 0 aliphatic heterocycles. The summed E-state index contributed by atoms with van der Waals surface area (Å²) in [5.74, 6) is 0.684. The molecule has 2 aromatic rings. The molecule has 1 heterocycles. The average Bonchev–Trinajstić information content (AvgIpc) is 3.18. The Morgan fingerprint density at radius 2 is 2.19 bits per heavy atom. The number of nitrogens with zero attached hydrogens (tertiary/aromatic N) is 1. The van der Waals surface area contributed by atoms with Gasteiger partial charge in [0.1, 0.15) is 11.6 Å². The molecule has 0 amide bonds. The summed E-state index contributed by atoms with van der Waals surface area (Å²) in [5.41, 5.74) is 7.05. The molecule has 3 nitrogen and oxygen atoms in total. The molecule has 2 N–H and O–H groups in total. The lowest BCUT2D eigenvalue weighted by Gasteiger charge is -2.31. The van der Waals surface area contributed by atoms with E-state index in [1.54, 1.807) is 6.26 Å². The summed E-state index contributed by atoms with van der Waals surface area (Å²) < 4.78 is 19.5. The first-order valence-corrected chi connectivity index (χ1v) is 7.91. The van der Waals surface area contributed by atoms with E-state index in [1.165, 1.54) is 25.0 Å². The van der Waals surface area contributed by atoms with Crippen LogP contribution in [0.3, 0.4) is 0 Å². The summed E-state index contributed by atoms with van der Waals surface area (Å²) in [6.45, 7) is 1.21. The minimum absolute atomic E-state index is 0.0533. The van der Waals surface area contributed by atoms with Crippen LogP contribution in [0.25, 0.3) is 0 Å². The van der Waals surface area contributed by atoms with E-state index in [2.05, 4.69) is 20.8 Å². The Morgan fingerprint density at radius 1 is 1.38 bits per heavy atom. The van der Waals surface area contributed by atoms with Gasteiger partial charge in [-0.2, -0.15) is 0 Å². The maximum Gasteiger partial charge on any atom is 0.124 e. The number of rotatable bonds is 6. The van der Waals surface area contributed by atoms with Gasteiger partial charge in [0.25, 0.3) is 0 Å². The molecule has 0 saturated heterocycles. The smallest absolute Gasteiger partial charge is 0.124 e. The van der Waals surface area contributed by atoms with Crippen LogP contribution in [-0.4, -0.2) is 17.5 Å². The fourth-order valence-electron chi connectivity index (χ4n) is 2.70. The highest BCUT2D eigenvalue weighted by atomic mass is 79.9. The van der Waals surface area contributed by atoms with Gasteiger partial charge in [-0.25, -0.2) is 4.39 Å². The lowest BCUT2D eigenvalue weighted by Crippen LogP contribution is -2.35. The van der Waals surface area contributed by atoms with Crippen molar-refractivity contribution in [1.29, 1.82) is 0 Å². The summed E-state index contributed by atoms with van der Waals surface area (Å²) in [6, 6.07) is 9.25. The first-order chi connectivity index (χ1) is 10.2. The highest BCUT2D eigenvalue weighted by Gasteiger charge is 2.35. The molecule has 1 unspecified atom stereocenters. The van der Waals surface area contributed by atoms with Gasteiger partial charge in [-0.1, -0.05) is 22.0 Å². The van der Waals surface area contributed by atoms with Crippen LogP contribution in [0.1, 0.15) is 30.2 Å². The highest BCUT2D eigenvalue weighted by Crippen LogP contribution is 2.37. The van der Waals surface area contributed by atoms with Crippen molar-refractivity contribution in [3.05, 3.63) is 58.2 Å². The predicted octanol–water partition coefficient (Wildman–Crippen LogP) is 3.85. The average molecular weight is 353 g/mol. The molecule has 1 saturated carbocycles. The van der Waals surface area contributed by atoms with E-state index in [0.717, 1.165) is 22.3 Å². The summed E-state index contributed by atoms with van der Waals surface area (Å²) in [6.07, 6.45) is 4.04. The summed E-state index contributed by atoms with van der Waals surface area (Å²) in [4.78, 5) is 2.36. The van der Waals surface area contributed by atoms with Gasteiger partial charge >= 0.3 is 0 Å². The van der Waals surface area contributed by atoms with E-state index >= 15 is 0 Å². The minimum Gasteiger partial charge on any atom is -0.468 e. The van der Waals surface area contributed by atoms with E-state index in [4.69, 9.17) is 10.2 Å². The van der Waals surface area contributed by atoms with Gasteiger partial charge in [-0.15, -0.1) is 0 Å². The number of benzene rings is 1. The van der Waals surface area contributed by atoms with Crippen molar-refractivity contribution < 1.29 is 8.81 Å². The van der Waals surface area contributed by atoms with Gasteiger partial charge < -0.3 is 10.2 Å². The first kappa shape index (κ1) is 14.8. The zero-order chi connectivity index (χ0) is 14.8. The third kappa shape index (κ3) is 3.36. The standard InChI is InChI=1S/C16H18BrFN2O/c17-15-8-11(18)3-6-14(15)16(9-19)20(12-4-5-12)10-13-2-1-7-21-13/h1-3,6-8,12,16H,4-5,9-10,19H2. The molecule has 0 spiro atoms. The normalized spacial score (nSPS) is 16.4. The lowest BCUT2D eigenvalue weighted by atomic mass is 10.0. The largest absolute Gasteiger partial charge is 0.468 e. The lowest BCUT2D eigenvalue weighted by molar-refractivity contribution is 0.167. The van der Waals surface area contributed by atoms with Gasteiger partial charge in [0.05, 0.1) is 12.8 Å². The molecular weight excluding hydrogens is 335 g/mol. The molecule has 3 rings (SSSR count). The molecule has 5 heteroatoms. The number of nitrogens with two attached hydrogens (primary N) is 1. The highest BCUT2D eigenvalue weighted by molar-refractivity contribution is 9.10. The minimum atomic E-state index is -0.245. The van der Waals surface area contributed by atoms with Crippen LogP contribution in [-0.2, 0) is 6.54 Å². The van der Waals surface area contributed by atoms with Crippen LogP contribution in [0.15, 0.2) is 45.5 Å². The Morgan fingerprint density at radius 3 is 2.76 bits per heavy atom. The van der Waals surface area contributed by atoms with Crippen LogP contribution in [0.4, 0.5) is 4.39 Å². The molecule has 0 radical (unpaired) electrons. The van der Waals surface area contributed by atoms with Crippen molar-refractivity contribution in [3.8, 4) is 0 Å². The van der Waals surface area contributed by atoms with E-state index in [9.17, 15) is 4.39 Å². The Balaban J connectivity index is 1.88. The maximum absolute atomic E-state index is 13.3. The fraction of sp³-hybridized carbons (Fsp3) is 0.375. The van der Waals surface area contributed by atoms with Gasteiger partial charge in [0.2, 0.25) is 0 Å². The molecular formula is C16H18BrFN2O. The molecule has 1 atom stereocenters. The Hall–Kier alpha value is -1.17. The number of hydrogen-bond donors (Lipinski definition) is 1. The molecule has 1 aromatic carbocycles. The Bertz CT molecular complexity index is 598. The Kier molecular flexibility index (Phi) is 4.42. The monoisotopic (exact) mass is 352 g/mol. The zero-order valence-electron chi connectivity index (χ0n) is 11.6. The summed E-state index contributed by atoms with van der Waals surface area (Å²) in [7, 11) is 0. The number of hydrogen-bond acceptors (Lipinski definition) is 3. The van der Waals surface area contributed by atoms with Gasteiger partial charge in [-0.05, 0) is 42.7 Å². The molecule has 1 fully saturated rings. The number of furan rings is 1. The Labute approximate surface area is 132 Å². The van der Waals surface area contributed by atoms with Crippen molar-refractivity contribution in [2.75, 3.05) is 6.54 Å². The quantitative estimate of drug-likeness (QED) is 0.858. The van der Waals surface area contributed by atoms with E-state index in [-0.39, 0.29) is 11.9 Å². The SMILES string of the molecule is NCC(c1ccc(F)cc1Br)N(Cc1ccco1)C1CC1. The van der Waals surface area contributed by atoms with Crippen LogP contribution in [0.2, 0.25) is 0 Å². The second-order valence-corrected chi connectivity index (χ2v) is 6.25. The van der Waals surface area contributed by atoms with Crippen LogP contribution in [0.5, 0.6) is 0 Å². The van der Waals surface area contributed by atoms with Gasteiger partial charge in [0, 0.05) is 23.1 Å². The predicted molar refractivity (Wildman–Crippen MR) is 83.2 cm³/mol.